The van der Waals surface area contributed by atoms with Gasteiger partial charge in [-0.25, -0.2) is 0 Å². The Labute approximate surface area is 137 Å². The fraction of sp³-hybridized carbons (Fsp3) is 0.611. The van der Waals surface area contributed by atoms with Gasteiger partial charge in [-0.15, -0.1) is 0 Å². The molecule has 1 fully saturated rings. The molecule has 1 heterocycles. The number of carbonyl (C=O) groups excluding carboxylic acids is 1. The zero-order chi connectivity index (χ0) is 16.6. The quantitative estimate of drug-likeness (QED) is 0.871. The van der Waals surface area contributed by atoms with Crippen molar-refractivity contribution in [2.75, 3.05) is 13.7 Å². The molecule has 0 unspecified atom stereocenters. The van der Waals surface area contributed by atoms with Gasteiger partial charge < -0.3 is 19.9 Å². The van der Waals surface area contributed by atoms with Gasteiger partial charge in [0.25, 0.3) is 5.91 Å². The molecule has 0 bridgehead atoms. The molecule has 0 aromatic heterocycles. The fourth-order valence-corrected chi connectivity index (χ4v) is 3.18. The van der Waals surface area contributed by atoms with Gasteiger partial charge in [0.15, 0.2) is 0 Å². The van der Waals surface area contributed by atoms with Crippen molar-refractivity contribution >= 4 is 5.91 Å². The molecular weight excluding hydrogens is 294 g/mol. The third-order valence-corrected chi connectivity index (χ3v) is 5.04. The van der Waals surface area contributed by atoms with Crippen molar-refractivity contribution in [3.05, 3.63) is 29.3 Å². The van der Waals surface area contributed by atoms with Crippen molar-refractivity contribution in [2.24, 2.45) is 5.92 Å². The average molecular weight is 319 g/mol. The van der Waals surface area contributed by atoms with E-state index in [1.807, 2.05) is 12.1 Å². The van der Waals surface area contributed by atoms with Crippen LogP contribution >= 0.6 is 0 Å². The second-order valence-corrected chi connectivity index (χ2v) is 7.02. The van der Waals surface area contributed by atoms with E-state index < -0.39 is 5.60 Å². The maximum Gasteiger partial charge on any atom is 0.252 e. The summed E-state index contributed by atoms with van der Waals surface area (Å²) in [5.41, 5.74) is 1.39. The average Bonchev–Trinajstić information content (AvgIpc) is 2.97. The van der Waals surface area contributed by atoms with E-state index in [1.165, 1.54) is 12.7 Å². The smallest absolute Gasteiger partial charge is 0.252 e. The molecule has 0 saturated heterocycles. The molecule has 5 nitrogen and oxygen atoms in total. The summed E-state index contributed by atoms with van der Waals surface area (Å²) < 4.78 is 10.8. The van der Waals surface area contributed by atoms with Gasteiger partial charge in [-0.3, -0.25) is 4.79 Å². The van der Waals surface area contributed by atoms with Gasteiger partial charge in [-0.1, -0.05) is 6.07 Å². The summed E-state index contributed by atoms with van der Waals surface area (Å²) in [6.45, 7) is 4.23. The van der Waals surface area contributed by atoms with Gasteiger partial charge in [0, 0.05) is 13.5 Å². The lowest BCUT2D eigenvalue weighted by atomic mass is 9.74. The highest BCUT2D eigenvalue weighted by Crippen LogP contribution is 2.40. The lowest BCUT2D eigenvalue weighted by molar-refractivity contribution is -0.141. The van der Waals surface area contributed by atoms with Crippen LogP contribution in [0, 0.1) is 5.92 Å². The Hall–Kier alpha value is -1.59. The van der Waals surface area contributed by atoms with E-state index in [4.69, 9.17) is 9.47 Å². The third kappa shape index (κ3) is 3.21. The Morgan fingerprint density at radius 3 is 2.83 bits per heavy atom. The lowest BCUT2D eigenvalue weighted by Gasteiger charge is -2.39. The Kier molecular flexibility index (Phi) is 4.34. The van der Waals surface area contributed by atoms with Gasteiger partial charge in [0.1, 0.15) is 11.4 Å². The summed E-state index contributed by atoms with van der Waals surface area (Å²) in [6.07, 6.45) is 2.08. The summed E-state index contributed by atoms with van der Waals surface area (Å²) in [5, 5.41) is 12.8. The highest BCUT2D eigenvalue weighted by Gasteiger charge is 2.38. The second-order valence-electron chi connectivity index (χ2n) is 7.02. The van der Waals surface area contributed by atoms with Crippen molar-refractivity contribution in [3.63, 3.8) is 0 Å². The summed E-state index contributed by atoms with van der Waals surface area (Å²) in [4.78, 5) is 12.5. The van der Waals surface area contributed by atoms with Crippen molar-refractivity contribution in [1.82, 2.24) is 5.32 Å². The second kappa shape index (κ2) is 6.13. The molecule has 0 spiro atoms. The Morgan fingerprint density at radius 1 is 1.43 bits per heavy atom. The van der Waals surface area contributed by atoms with E-state index in [9.17, 15) is 9.90 Å². The first kappa shape index (κ1) is 16.3. The van der Waals surface area contributed by atoms with E-state index in [2.05, 4.69) is 11.4 Å². The molecule has 2 N–H and O–H groups in total. The van der Waals surface area contributed by atoms with Gasteiger partial charge >= 0.3 is 0 Å². The molecule has 1 amide bonds. The molecule has 23 heavy (non-hydrogen) atoms. The molecular formula is C18H25NO4. The maximum atomic E-state index is 12.5. The van der Waals surface area contributed by atoms with Gasteiger partial charge in [-0.05, 0) is 55.9 Å². The Morgan fingerprint density at radius 2 is 2.17 bits per heavy atom. The van der Waals surface area contributed by atoms with E-state index in [-0.39, 0.29) is 24.0 Å². The zero-order valence-corrected chi connectivity index (χ0v) is 14.0. The zero-order valence-electron chi connectivity index (χ0n) is 14.0. The highest BCUT2D eigenvalue weighted by atomic mass is 16.5. The fourth-order valence-electron chi connectivity index (χ4n) is 3.18. The Balaban J connectivity index is 1.83. The largest absolute Gasteiger partial charge is 0.493 e. The number of aliphatic hydroxyl groups excluding tert-OH is 1. The van der Waals surface area contributed by atoms with Crippen LogP contribution in [0.1, 0.15) is 43.9 Å². The minimum Gasteiger partial charge on any atom is -0.493 e. The van der Waals surface area contributed by atoms with Crippen LogP contribution in [0.2, 0.25) is 0 Å². The van der Waals surface area contributed by atoms with Gasteiger partial charge in [-0.2, -0.15) is 0 Å². The number of rotatable bonds is 5. The standard InChI is InChI=1S/C18H25NO4/c1-18(2,22-3)17(21)19-16(13-9-14(20)10-13)12-4-5-15-11(8-12)6-7-23-15/h4-5,8,13-14,16,20H,6-7,9-10H2,1-3H3,(H,19,21)/t13?,14?,16-/m0/s1. The van der Waals surface area contributed by atoms with Crippen LogP contribution in [0.5, 0.6) is 5.75 Å². The minimum absolute atomic E-state index is 0.105. The van der Waals surface area contributed by atoms with E-state index >= 15 is 0 Å². The van der Waals surface area contributed by atoms with Gasteiger partial charge in [0.2, 0.25) is 0 Å². The number of nitrogens with one attached hydrogen (secondary N) is 1. The maximum absolute atomic E-state index is 12.5. The number of aliphatic hydroxyl groups is 1. The molecule has 1 aromatic rings. The summed E-state index contributed by atoms with van der Waals surface area (Å²) in [5.74, 6) is 1.05. The molecule has 1 aromatic carbocycles. The number of hydrogen-bond donors (Lipinski definition) is 2. The van der Waals surface area contributed by atoms with Crippen molar-refractivity contribution < 1.29 is 19.4 Å². The first-order chi connectivity index (χ1) is 10.9. The molecule has 1 aliphatic heterocycles. The molecule has 3 rings (SSSR count). The van der Waals surface area contributed by atoms with Gasteiger partial charge in [0.05, 0.1) is 18.8 Å². The third-order valence-electron chi connectivity index (χ3n) is 5.04. The molecule has 5 heteroatoms. The molecule has 2 aliphatic rings. The van der Waals surface area contributed by atoms with E-state index in [1.54, 1.807) is 13.8 Å². The molecule has 1 aliphatic carbocycles. The predicted molar refractivity (Wildman–Crippen MR) is 86.3 cm³/mol. The van der Waals surface area contributed by atoms with Crippen LogP contribution in [0.4, 0.5) is 0 Å². The minimum atomic E-state index is -0.875. The highest BCUT2D eigenvalue weighted by molar-refractivity contribution is 5.84. The molecule has 126 valence electrons. The number of methoxy groups -OCH3 is 1. The summed E-state index contributed by atoms with van der Waals surface area (Å²) in [7, 11) is 1.54. The molecule has 1 atom stereocenters. The summed E-state index contributed by atoms with van der Waals surface area (Å²) >= 11 is 0. The summed E-state index contributed by atoms with van der Waals surface area (Å²) in [6, 6.07) is 6.01. The monoisotopic (exact) mass is 319 g/mol. The van der Waals surface area contributed by atoms with Crippen LogP contribution in [-0.4, -0.2) is 36.4 Å². The van der Waals surface area contributed by atoms with E-state index in [0.717, 1.165) is 17.7 Å². The van der Waals surface area contributed by atoms with Crippen LogP contribution in [0.25, 0.3) is 0 Å². The number of hydrogen-bond acceptors (Lipinski definition) is 4. The number of amides is 1. The Bertz CT molecular complexity index is 593. The molecule has 1 saturated carbocycles. The van der Waals surface area contributed by atoms with E-state index in [0.29, 0.717) is 19.4 Å². The van der Waals surface area contributed by atoms with Crippen LogP contribution < -0.4 is 10.1 Å². The number of benzene rings is 1. The van der Waals surface area contributed by atoms with Crippen molar-refractivity contribution in [3.8, 4) is 5.75 Å². The number of fused-ring (bicyclic) bond motifs is 1. The van der Waals surface area contributed by atoms with Crippen LogP contribution in [0.15, 0.2) is 18.2 Å². The van der Waals surface area contributed by atoms with Crippen molar-refractivity contribution in [1.29, 1.82) is 0 Å². The normalized spacial score (nSPS) is 24.3. The SMILES string of the molecule is COC(C)(C)C(=O)N[C@@H](c1ccc2c(c1)CCO2)C1CC(O)C1. The topological polar surface area (TPSA) is 67.8 Å². The molecule has 0 radical (unpaired) electrons. The number of carbonyl (C=O) groups is 1. The van der Waals surface area contributed by atoms with Crippen molar-refractivity contribution in [2.45, 2.75) is 50.9 Å². The van der Waals surface area contributed by atoms with Crippen LogP contribution in [0.3, 0.4) is 0 Å². The first-order valence-electron chi connectivity index (χ1n) is 8.20. The van der Waals surface area contributed by atoms with Crippen LogP contribution in [-0.2, 0) is 16.0 Å². The first-order valence-corrected chi connectivity index (χ1v) is 8.20. The number of ether oxygens (including phenoxy) is 2. The lowest BCUT2D eigenvalue weighted by Crippen LogP contribution is -2.49. The predicted octanol–water partition coefficient (Wildman–Crippen LogP) is 1.97.